The molecule has 0 radical (unpaired) electrons. The van der Waals surface area contributed by atoms with Crippen LogP contribution in [0.25, 0.3) is 11.3 Å². The summed E-state index contributed by atoms with van der Waals surface area (Å²) in [7, 11) is 0. The number of nitrogens with two attached hydrogens (primary N) is 1. The fraction of sp³-hybridized carbons (Fsp3) is 0.100. The molecule has 0 saturated heterocycles. The van der Waals surface area contributed by atoms with Gasteiger partial charge in [0, 0.05) is 10.0 Å². The molecule has 0 aliphatic carbocycles. The van der Waals surface area contributed by atoms with E-state index in [2.05, 4.69) is 26.1 Å². The fourth-order valence-electron chi connectivity index (χ4n) is 1.44. The van der Waals surface area contributed by atoms with Crippen LogP contribution >= 0.6 is 15.9 Å². The highest BCUT2D eigenvalue weighted by atomic mass is 79.9. The second-order valence-electron chi connectivity index (χ2n) is 3.35. The lowest BCUT2D eigenvalue weighted by atomic mass is 10.1. The van der Waals surface area contributed by atoms with E-state index in [4.69, 9.17) is 5.73 Å². The average molecular weight is 288 g/mol. The number of benzene rings is 1. The van der Waals surface area contributed by atoms with Crippen molar-refractivity contribution < 1.29 is 8.78 Å². The van der Waals surface area contributed by atoms with Crippen LogP contribution in [0.5, 0.6) is 0 Å². The Balaban J connectivity index is 2.69. The lowest BCUT2D eigenvalue weighted by molar-refractivity contribution is 0.587. The first-order chi connectivity index (χ1) is 7.50. The number of aromatic nitrogens is 2. The van der Waals surface area contributed by atoms with E-state index < -0.39 is 11.6 Å². The van der Waals surface area contributed by atoms with Crippen LogP contribution in [-0.4, -0.2) is 10.2 Å². The molecule has 2 rings (SSSR count). The zero-order chi connectivity index (χ0) is 11.9. The normalized spacial score (nSPS) is 10.8. The van der Waals surface area contributed by atoms with Crippen LogP contribution < -0.4 is 5.73 Å². The molecule has 0 fully saturated rings. The number of hydrogen-bond donors (Lipinski definition) is 2. The van der Waals surface area contributed by atoms with Crippen LogP contribution in [-0.2, 0) is 0 Å². The van der Waals surface area contributed by atoms with E-state index in [1.165, 1.54) is 12.1 Å². The van der Waals surface area contributed by atoms with Crippen LogP contribution in [0.3, 0.4) is 0 Å². The number of H-pyrrole nitrogens is 1. The van der Waals surface area contributed by atoms with E-state index in [1.807, 2.05) is 0 Å². The van der Waals surface area contributed by atoms with Crippen molar-refractivity contribution in [2.24, 2.45) is 0 Å². The largest absolute Gasteiger partial charge is 0.382 e. The first-order valence-corrected chi connectivity index (χ1v) is 5.25. The van der Waals surface area contributed by atoms with Crippen molar-refractivity contribution in [1.29, 1.82) is 0 Å². The molecule has 0 unspecified atom stereocenters. The summed E-state index contributed by atoms with van der Waals surface area (Å²) in [6.07, 6.45) is 0. The Labute approximate surface area is 98.8 Å². The molecule has 2 aromatic rings. The van der Waals surface area contributed by atoms with Crippen molar-refractivity contribution in [3.8, 4) is 11.3 Å². The van der Waals surface area contributed by atoms with E-state index in [0.717, 1.165) is 0 Å². The molecule has 1 aromatic carbocycles. The smallest absolute Gasteiger partial charge is 0.148 e. The maximum atomic E-state index is 13.6. The molecular formula is C10H8BrF2N3. The van der Waals surface area contributed by atoms with Gasteiger partial charge in [-0.2, -0.15) is 5.10 Å². The standard InChI is InChI=1S/C10H8BrF2N3/c1-4-9(15-16-10(4)14)8-6(12)2-5(11)3-7(8)13/h2-3H,1H3,(H3,14,15,16). The minimum Gasteiger partial charge on any atom is -0.382 e. The maximum Gasteiger partial charge on any atom is 0.148 e. The minimum atomic E-state index is -0.668. The molecule has 1 heterocycles. The van der Waals surface area contributed by atoms with Gasteiger partial charge in [-0.1, -0.05) is 15.9 Å². The first-order valence-electron chi connectivity index (χ1n) is 4.46. The number of halogens is 3. The van der Waals surface area contributed by atoms with E-state index in [0.29, 0.717) is 10.0 Å². The Morgan fingerprint density at radius 3 is 2.31 bits per heavy atom. The third-order valence-electron chi connectivity index (χ3n) is 2.30. The van der Waals surface area contributed by atoms with Gasteiger partial charge in [0.2, 0.25) is 0 Å². The molecule has 3 N–H and O–H groups in total. The quantitative estimate of drug-likeness (QED) is 0.847. The second kappa shape index (κ2) is 3.86. The maximum absolute atomic E-state index is 13.6. The van der Waals surface area contributed by atoms with E-state index in [-0.39, 0.29) is 17.1 Å². The molecule has 0 saturated carbocycles. The zero-order valence-corrected chi connectivity index (χ0v) is 9.90. The number of nitrogens with one attached hydrogen (secondary N) is 1. The van der Waals surface area contributed by atoms with Gasteiger partial charge in [-0.15, -0.1) is 0 Å². The van der Waals surface area contributed by atoms with Gasteiger partial charge in [-0.05, 0) is 19.1 Å². The molecule has 84 valence electrons. The van der Waals surface area contributed by atoms with E-state index >= 15 is 0 Å². The van der Waals surface area contributed by atoms with Gasteiger partial charge in [0.15, 0.2) is 0 Å². The summed E-state index contributed by atoms with van der Waals surface area (Å²) in [6.45, 7) is 1.65. The summed E-state index contributed by atoms with van der Waals surface area (Å²) in [5.41, 5.74) is 6.16. The highest BCUT2D eigenvalue weighted by Gasteiger charge is 2.17. The number of nitrogens with zero attached hydrogens (tertiary/aromatic N) is 1. The van der Waals surface area contributed by atoms with Crippen molar-refractivity contribution in [1.82, 2.24) is 10.2 Å². The summed E-state index contributed by atoms with van der Waals surface area (Å²) in [4.78, 5) is 0. The summed E-state index contributed by atoms with van der Waals surface area (Å²) >= 11 is 3.01. The topological polar surface area (TPSA) is 54.7 Å². The molecule has 0 atom stereocenters. The molecule has 16 heavy (non-hydrogen) atoms. The van der Waals surface area contributed by atoms with Crippen LogP contribution in [0.15, 0.2) is 16.6 Å². The molecule has 0 bridgehead atoms. The molecular weight excluding hydrogens is 280 g/mol. The van der Waals surface area contributed by atoms with Crippen LogP contribution in [0.4, 0.5) is 14.6 Å². The Hall–Kier alpha value is -1.43. The summed E-state index contributed by atoms with van der Waals surface area (Å²) in [5.74, 6) is -1.10. The molecule has 3 nitrogen and oxygen atoms in total. The van der Waals surface area contributed by atoms with Crippen molar-refractivity contribution in [3.63, 3.8) is 0 Å². The van der Waals surface area contributed by atoms with Crippen LogP contribution in [0, 0.1) is 18.6 Å². The zero-order valence-electron chi connectivity index (χ0n) is 8.31. The van der Waals surface area contributed by atoms with Crippen LogP contribution in [0.1, 0.15) is 5.56 Å². The first kappa shape index (κ1) is 11.1. The number of hydrogen-bond acceptors (Lipinski definition) is 2. The lowest BCUT2D eigenvalue weighted by Crippen LogP contribution is -1.93. The number of nitrogen functional groups attached to an aromatic ring is 1. The molecule has 0 aliphatic rings. The van der Waals surface area contributed by atoms with Crippen LogP contribution in [0.2, 0.25) is 0 Å². The van der Waals surface area contributed by atoms with E-state index in [1.54, 1.807) is 6.92 Å². The average Bonchev–Trinajstić information content (AvgIpc) is 2.48. The van der Waals surface area contributed by atoms with Crippen molar-refractivity contribution >= 4 is 21.7 Å². The Morgan fingerprint density at radius 2 is 1.88 bits per heavy atom. The van der Waals surface area contributed by atoms with Gasteiger partial charge in [0.05, 0.1) is 11.3 Å². The van der Waals surface area contributed by atoms with Crippen molar-refractivity contribution in [2.45, 2.75) is 6.92 Å². The molecule has 6 heteroatoms. The molecule has 0 aliphatic heterocycles. The second-order valence-corrected chi connectivity index (χ2v) is 4.27. The molecule has 0 spiro atoms. The third-order valence-corrected chi connectivity index (χ3v) is 2.76. The van der Waals surface area contributed by atoms with Gasteiger partial charge in [0.1, 0.15) is 17.5 Å². The summed E-state index contributed by atoms with van der Waals surface area (Å²) < 4.78 is 27.6. The van der Waals surface area contributed by atoms with Gasteiger partial charge in [0.25, 0.3) is 0 Å². The minimum absolute atomic E-state index is 0.148. The Morgan fingerprint density at radius 1 is 1.31 bits per heavy atom. The highest BCUT2D eigenvalue weighted by molar-refractivity contribution is 9.10. The lowest BCUT2D eigenvalue weighted by Gasteiger charge is -2.04. The predicted octanol–water partition coefficient (Wildman–Crippen LogP) is 3.01. The van der Waals surface area contributed by atoms with Gasteiger partial charge in [-0.25, -0.2) is 8.78 Å². The molecule has 0 amide bonds. The summed E-state index contributed by atoms with van der Waals surface area (Å²) in [5, 5.41) is 6.23. The van der Waals surface area contributed by atoms with Gasteiger partial charge < -0.3 is 5.73 Å². The summed E-state index contributed by atoms with van der Waals surface area (Å²) in [6, 6.07) is 2.38. The third kappa shape index (κ3) is 1.69. The number of rotatable bonds is 1. The molecule has 1 aromatic heterocycles. The fourth-order valence-corrected chi connectivity index (χ4v) is 1.84. The Kier molecular flexibility index (Phi) is 2.67. The number of anilines is 1. The number of aromatic amines is 1. The van der Waals surface area contributed by atoms with Gasteiger partial charge >= 0.3 is 0 Å². The van der Waals surface area contributed by atoms with Crippen molar-refractivity contribution in [2.75, 3.05) is 5.73 Å². The predicted molar refractivity (Wildman–Crippen MR) is 60.8 cm³/mol. The monoisotopic (exact) mass is 287 g/mol. The van der Waals surface area contributed by atoms with E-state index in [9.17, 15) is 8.78 Å². The highest BCUT2D eigenvalue weighted by Crippen LogP contribution is 2.31. The van der Waals surface area contributed by atoms with Crippen molar-refractivity contribution in [3.05, 3.63) is 33.8 Å². The van der Waals surface area contributed by atoms with Gasteiger partial charge in [-0.3, -0.25) is 5.10 Å². The SMILES string of the molecule is Cc1c(N)n[nH]c1-c1c(F)cc(Br)cc1F. The Bertz CT molecular complexity index is 528.